The smallest absolute Gasteiger partial charge is 0.337 e. The third-order valence-corrected chi connectivity index (χ3v) is 7.36. The van der Waals surface area contributed by atoms with Crippen molar-refractivity contribution in [1.29, 1.82) is 5.26 Å². The van der Waals surface area contributed by atoms with Gasteiger partial charge in [0.2, 0.25) is 12.3 Å². The molecule has 45 heavy (non-hydrogen) atoms. The predicted octanol–water partition coefficient (Wildman–Crippen LogP) is 7.50. The minimum absolute atomic E-state index is 0.0925. The number of fused-ring (bicyclic) bond motifs is 1. The number of hydrogen-bond acceptors (Lipinski definition) is 6. The Balaban J connectivity index is 1.41. The Labute approximate surface area is 256 Å². The number of hydrogen-bond donors (Lipinski definition) is 0. The fourth-order valence-corrected chi connectivity index (χ4v) is 4.80. The summed E-state index contributed by atoms with van der Waals surface area (Å²) in [6.45, 7) is 2.65. The number of carbonyl (C=O) groups excluding carboxylic acids is 1. The number of benzene rings is 3. The molecular formula is C34H28F4N4O3. The van der Waals surface area contributed by atoms with E-state index < -0.39 is 29.4 Å². The van der Waals surface area contributed by atoms with Gasteiger partial charge in [-0.25, -0.2) is 32.3 Å². The summed E-state index contributed by atoms with van der Waals surface area (Å²) in [5, 5.41) is 8.92. The SMILES string of the molecule is COC(=O)c1ccc2nc(Cc3ccc(-c4cccc(OCc5ccc(C#N)cc5F)n4)c(F)c3)n(CC(C)(C)C(F)F)c2c1. The lowest BCUT2D eigenvalue weighted by Gasteiger charge is -2.25. The number of nitrogens with zero attached hydrogens (tertiary/aromatic N) is 4. The lowest BCUT2D eigenvalue weighted by molar-refractivity contribution is 0.00858. The number of carbonyl (C=O) groups is 1. The molecule has 0 aliphatic carbocycles. The number of methoxy groups -OCH3 is 1. The molecule has 0 N–H and O–H groups in total. The first kappa shape index (κ1) is 31.2. The van der Waals surface area contributed by atoms with Gasteiger partial charge in [-0.3, -0.25) is 0 Å². The van der Waals surface area contributed by atoms with E-state index in [0.29, 0.717) is 22.4 Å². The van der Waals surface area contributed by atoms with E-state index in [1.807, 2.05) is 6.07 Å². The van der Waals surface area contributed by atoms with Crippen molar-refractivity contribution in [1.82, 2.24) is 14.5 Å². The van der Waals surface area contributed by atoms with Gasteiger partial charge in [0.05, 0.1) is 41.0 Å². The Hall–Kier alpha value is -5.24. The highest BCUT2D eigenvalue weighted by Crippen LogP contribution is 2.32. The second-order valence-electron chi connectivity index (χ2n) is 11.2. The van der Waals surface area contributed by atoms with E-state index in [2.05, 4.69) is 9.97 Å². The van der Waals surface area contributed by atoms with Crippen molar-refractivity contribution in [2.24, 2.45) is 5.41 Å². The summed E-state index contributed by atoms with van der Waals surface area (Å²) in [5.41, 5.74) is 1.29. The van der Waals surface area contributed by atoms with Gasteiger partial charge in [-0.1, -0.05) is 32.0 Å². The predicted molar refractivity (Wildman–Crippen MR) is 159 cm³/mol. The summed E-state index contributed by atoms with van der Waals surface area (Å²) < 4.78 is 69.6. The molecule has 0 aliphatic heterocycles. The van der Waals surface area contributed by atoms with Gasteiger partial charge in [0.1, 0.15) is 24.1 Å². The zero-order valence-electron chi connectivity index (χ0n) is 24.7. The highest BCUT2D eigenvalue weighted by molar-refractivity contribution is 5.93. The second kappa shape index (κ2) is 12.8. The quantitative estimate of drug-likeness (QED) is 0.119. The Morgan fingerprint density at radius 3 is 2.49 bits per heavy atom. The van der Waals surface area contributed by atoms with Crippen LogP contribution < -0.4 is 4.74 Å². The first-order valence-corrected chi connectivity index (χ1v) is 13.9. The monoisotopic (exact) mass is 616 g/mol. The van der Waals surface area contributed by atoms with E-state index in [4.69, 9.17) is 14.7 Å². The van der Waals surface area contributed by atoms with Crippen LogP contribution in [0.15, 0.2) is 72.8 Å². The normalized spacial score (nSPS) is 11.5. The molecule has 7 nitrogen and oxygen atoms in total. The maximum absolute atomic E-state index is 15.5. The van der Waals surface area contributed by atoms with E-state index in [1.165, 1.54) is 39.2 Å². The molecule has 0 radical (unpaired) electrons. The maximum atomic E-state index is 15.5. The standard InChI is InChI=1S/C34H28F4N4O3/c1-34(2,33(37)38)19-42-29-16-22(32(43)44-3)10-12-28(29)40-30(42)15-20-8-11-24(26(36)13-20)27-5-4-6-31(41-27)45-18-23-9-7-21(17-39)14-25(23)35/h4-14,16,33H,15,18-19H2,1-3H3. The van der Waals surface area contributed by atoms with Crippen molar-refractivity contribution in [3.8, 4) is 23.2 Å². The van der Waals surface area contributed by atoms with Crippen molar-refractivity contribution in [3.05, 3.63) is 113 Å². The molecular weight excluding hydrogens is 588 g/mol. The molecule has 0 amide bonds. The molecule has 2 aromatic heterocycles. The van der Waals surface area contributed by atoms with Crippen LogP contribution in [0.4, 0.5) is 17.6 Å². The zero-order chi connectivity index (χ0) is 32.3. The molecule has 2 heterocycles. The highest BCUT2D eigenvalue weighted by Gasteiger charge is 2.32. The first-order valence-electron chi connectivity index (χ1n) is 13.9. The number of halogens is 4. The summed E-state index contributed by atoms with van der Waals surface area (Å²) in [6.07, 6.45) is -2.50. The number of ether oxygens (including phenoxy) is 2. The van der Waals surface area contributed by atoms with Crippen molar-refractivity contribution in [2.75, 3.05) is 7.11 Å². The summed E-state index contributed by atoms with van der Waals surface area (Å²) in [5.74, 6) is -1.14. The average Bonchev–Trinajstić information content (AvgIpc) is 3.35. The Morgan fingerprint density at radius 2 is 1.80 bits per heavy atom. The number of aromatic nitrogens is 3. The zero-order valence-corrected chi connectivity index (χ0v) is 24.7. The second-order valence-corrected chi connectivity index (χ2v) is 11.2. The van der Waals surface area contributed by atoms with Crippen LogP contribution in [0, 0.1) is 28.4 Å². The first-order chi connectivity index (χ1) is 21.5. The van der Waals surface area contributed by atoms with Crippen LogP contribution in [-0.2, 0) is 24.3 Å². The van der Waals surface area contributed by atoms with Crippen LogP contribution in [0.1, 0.15) is 46.7 Å². The summed E-state index contributed by atoms with van der Waals surface area (Å²) in [7, 11) is 1.25. The van der Waals surface area contributed by atoms with E-state index >= 15 is 4.39 Å². The van der Waals surface area contributed by atoms with Crippen molar-refractivity contribution in [2.45, 2.75) is 39.8 Å². The van der Waals surface area contributed by atoms with Gasteiger partial charge in [0, 0.05) is 35.6 Å². The number of rotatable bonds is 10. The van der Waals surface area contributed by atoms with Crippen LogP contribution in [0.3, 0.4) is 0 Å². The van der Waals surface area contributed by atoms with Gasteiger partial charge < -0.3 is 14.0 Å². The van der Waals surface area contributed by atoms with Crippen molar-refractivity contribution < 1.29 is 31.8 Å². The summed E-state index contributed by atoms with van der Waals surface area (Å²) in [4.78, 5) is 21.1. The molecule has 0 unspecified atom stereocenters. The van der Waals surface area contributed by atoms with Gasteiger partial charge in [-0.2, -0.15) is 5.26 Å². The number of nitriles is 1. The summed E-state index contributed by atoms with van der Waals surface area (Å²) in [6, 6.07) is 20.0. The number of pyridine rings is 1. The minimum Gasteiger partial charge on any atom is -0.473 e. The van der Waals surface area contributed by atoms with E-state index in [-0.39, 0.29) is 53.4 Å². The summed E-state index contributed by atoms with van der Waals surface area (Å²) >= 11 is 0. The molecule has 230 valence electrons. The largest absolute Gasteiger partial charge is 0.473 e. The van der Waals surface area contributed by atoms with Crippen LogP contribution in [-0.4, -0.2) is 34.0 Å². The van der Waals surface area contributed by atoms with Gasteiger partial charge in [-0.15, -0.1) is 0 Å². The fourth-order valence-electron chi connectivity index (χ4n) is 4.80. The van der Waals surface area contributed by atoms with Gasteiger partial charge in [0.25, 0.3) is 0 Å². The van der Waals surface area contributed by atoms with Gasteiger partial charge in [0.15, 0.2) is 0 Å². The van der Waals surface area contributed by atoms with Crippen LogP contribution >= 0.6 is 0 Å². The van der Waals surface area contributed by atoms with Crippen LogP contribution in [0.5, 0.6) is 5.88 Å². The molecule has 0 spiro atoms. The molecule has 0 aliphatic rings. The third-order valence-electron chi connectivity index (χ3n) is 7.36. The molecule has 5 aromatic rings. The Morgan fingerprint density at radius 1 is 1.00 bits per heavy atom. The number of esters is 1. The molecule has 0 atom stereocenters. The van der Waals surface area contributed by atoms with Crippen LogP contribution in [0.2, 0.25) is 0 Å². The van der Waals surface area contributed by atoms with Crippen molar-refractivity contribution in [3.63, 3.8) is 0 Å². The lowest BCUT2D eigenvalue weighted by Crippen LogP contribution is -2.28. The molecule has 3 aromatic carbocycles. The molecule has 0 bridgehead atoms. The molecule has 5 rings (SSSR count). The fraction of sp³-hybridized carbons (Fsp3) is 0.235. The number of imidazole rings is 1. The average molecular weight is 617 g/mol. The Kier molecular flexibility index (Phi) is 8.86. The number of alkyl halides is 2. The molecule has 0 saturated carbocycles. The van der Waals surface area contributed by atoms with Crippen LogP contribution in [0.25, 0.3) is 22.3 Å². The van der Waals surface area contributed by atoms with Crippen molar-refractivity contribution >= 4 is 17.0 Å². The topological polar surface area (TPSA) is 90.0 Å². The lowest BCUT2D eigenvalue weighted by atomic mass is 9.94. The molecule has 11 heteroatoms. The maximum Gasteiger partial charge on any atom is 0.337 e. The van der Waals surface area contributed by atoms with E-state index in [9.17, 15) is 18.0 Å². The third kappa shape index (κ3) is 6.80. The van der Waals surface area contributed by atoms with Gasteiger partial charge in [-0.05, 0) is 54.1 Å². The van der Waals surface area contributed by atoms with Gasteiger partial charge >= 0.3 is 5.97 Å². The molecule has 0 saturated heterocycles. The van der Waals surface area contributed by atoms with E-state index in [1.54, 1.807) is 53.1 Å². The Bertz CT molecular complexity index is 1930. The highest BCUT2D eigenvalue weighted by atomic mass is 19.3. The molecule has 0 fully saturated rings. The minimum atomic E-state index is -2.63. The van der Waals surface area contributed by atoms with E-state index in [0.717, 1.165) is 6.07 Å².